The van der Waals surface area contributed by atoms with E-state index >= 15 is 0 Å². The van der Waals surface area contributed by atoms with Crippen LogP contribution in [0.15, 0.2) is 12.2 Å². The Kier molecular flexibility index (Phi) is 1.44. The molecular weight excluding hydrogens is 102 g/mol. The Morgan fingerprint density at radius 2 is 2.50 bits per heavy atom. The van der Waals surface area contributed by atoms with Crippen LogP contribution in [0.5, 0.6) is 0 Å². The number of rotatable bonds is 0. The summed E-state index contributed by atoms with van der Waals surface area (Å²) in [6.45, 7) is 0. The topological polar surface area (TPSA) is 43.1 Å². The molecule has 1 atom stereocenters. The van der Waals surface area contributed by atoms with Crippen molar-refractivity contribution in [3.8, 4) is 0 Å². The Bertz CT molecular complexity index is 128. The van der Waals surface area contributed by atoms with Crippen LogP contribution in [0.4, 0.5) is 0 Å². The van der Waals surface area contributed by atoms with Crippen molar-refractivity contribution in [3.63, 3.8) is 0 Å². The van der Waals surface area contributed by atoms with E-state index in [-0.39, 0.29) is 11.8 Å². The van der Waals surface area contributed by atoms with Gasteiger partial charge in [-0.25, -0.2) is 0 Å². The predicted molar refractivity (Wildman–Crippen MR) is 31.4 cm³/mol. The standard InChI is InChI=1S/C6H9NO/c7-5-3-1-2-4-6(5)8/h2,4-5H,1,3,7H2. The second kappa shape index (κ2) is 2.09. The molecule has 0 aromatic rings. The van der Waals surface area contributed by atoms with E-state index in [0.717, 1.165) is 12.8 Å². The molecule has 44 valence electrons. The maximum absolute atomic E-state index is 10.6. The van der Waals surface area contributed by atoms with Crippen molar-refractivity contribution < 1.29 is 4.79 Å². The van der Waals surface area contributed by atoms with E-state index in [1.54, 1.807) is 6.08 Å². The molecule has 0 radical (unpaired) electrons. The van der Waals surface area contributed by atoms with Gasteiger partial charge in [0, 0.05) is 0 Å². The van der Waals surface area contributed by atoms with Gasteiger partial charge in [-0.1, -0.05) is 6.08 Å². The molecule has 0 fully saturated rings. The van der Waals surface area contributed by atoms with E-state index in [4.69, 9.17) is 5.73 Å². The lowest BCUT2D eigenvalue weighted by molar-refractivity contribution is -0.116. The van der Waals surface area contributed by atoms with E-state index in [1.165, 1.54) is 0 Å². The fourth-order valence-electron chi connectivity index (χ4n) is 0.741. The lowest BCUT2D eigenvalue weighted by Gasteiger charge is -2.08. The van der Waals surface area contributed by atoms with Crippen molar-refractivity contribution in [2.45, 2.75) is 18.9 Å². The van der Waals surface area contributed by atoms with Crippen LogP contribution in [0.1, 0.15) is 12.8 Å². The van der Waals surface area contributed by atoms with E-state index in [9.17, 15) is 4.79 Å². The summed E-state index contributed by atoms with van der Waals surface area (Å²) >= 11 is 0. The van der Waals surface area contributed by atoms with Crippen molar-refractivity contribution in [1.82, 2.24) is 0 Å². The quantitative estimate of drug-likeness (QED) is 0.486. The van der Waals surface area contributed by atoms with E-state index in [1.807, 2.05) is 6.08 Å². The monoisotopic (exact) mass is 111 g/mol. The van der Waals surface area contributed by atoms with Crippen LogP contribution >= 0.6 is 0 Å². The van der Waals surface area contributed by atoms with E-state index < -0.39 is 0 Å². The van der Waals surface area contributed by atoms with Crippen LogP contribution < -0.4 is 5.73 Å². The normalized spacial score (nSPS) is 28.6. The average molecular weight is 111 g/mol. The number of allylic oxidation sites excluding steroid dienone is 1. The number of hydrogen-bond donors (Lipinski definition) is 1. The molecule has 1 aliphatic carbocycles. The molecule has 0 bridgehead atoms. The fourth-order valence-corrected chi connectivity index (χ4v) is 0.741. The van der Waals surface area contributed by atoms with E-state index in [0.29, 0.717) is 0 Å². The summed E-state index contributed by atoms with van der Waals surface area (Å²) in [6, 6.07) is -0.222. The minimum atomic E-state index is -0.222. The zero-order valence-corrected chi connectivity index (χ0v) is 4.63. The largest absolute Gasteiger partial charge is 0.321 e. The van der Waals surface area contributed by atoms with Crippen LogP contribution in [-0.4, -0.2) is 11.8 Å². The first-order valence-electron chi connectivity index (χ1n) is 2.76. The third-order valence-electron chi connectivity index (χ3n) is 1.29. The number of carbonyl (C=O) groups excluding carboxylic acids is 1. The Morgan fingerprint density at radius 1 is 1.75 bits per heavy atom. The van der Waals surface area contributed by atoms with Crippen LogP contribution in [0, 0.1) is 0 Å². The minimum absolute atomic E-state index is 0.0660. The molecule has 0 saturated carbocycles. The zero-order chi connectivity index (χ0) is 5.98. The number of hydrogen-bond acceptors (Lipinski definition) is 2. The SMILES string of the molecule is NC1CCC=CC1=O. The van der Waals surface area contributed by atoms with Gasteiger partial charge in [0.05, 0.1) is 6.04 Å². The molecule has 2 nitrogen and oxygen atoms in total. The maximum Gasteiger partial charge on any atom is 0.172 e. The first-order chi connectivity index (χ1) is 3.80. The minimum Gasteiger partial charge on any atom is -0.321 e. The number of carbonyl (C=O) groups is 1. The molecule has 2 N–H and O–H groups in total. The predicted octanol–water partition coefficient (Wildman–Crippen LogP) is 0.233. The summed E-state index contributed by atoms with van der Waals surface area (Å²) in [4.78, 5) is 10.6. The van der Waals surface area contributed by atoms with Crippen LogP contribution in [0.2, 0.25) is 0 Å². The van der Waals surface area contributed by atoms with Gasteiger partial charge in [0.15, 0.2) is 5.78 Å². The van der Waals surface area contributed by atoms with Gasteiger partial charge in [-0.05, 0) is 18.9 Å². The van der Waals surface area contributed by atoms with Gasteiger partial charge >= 0.3 is 0 Å². The zero-order valence-electron chi connectivity index (χ0n) is 4.63. The third kappa shape index (κ3) is 0.954. The average Bonchev–Trinajstić information content (AvgIpc) is 1.77. The molecule has 2 heteroatoms. The summed E-state index contributed by atoms with van der Waals surface area (Å²) in [7, 11) is 0. The molecular formula is C6H9NO. The molecule has 0 heterocycles. The van der Waals surface area contributed by atoms with Crippen LogP contribution in [0.3, 0.4) is 0 Å². The highest BCUT2D eigenvalue weighted by Gasteiger charge is 2.11. The lowest BCUT2D eigenvalue weighted by atomic mass is 10.0. The highest BCUT2D eigenvalue weighted by molar-refractivity contribution is 5.94. The van der Waals surface area contributed by atoms with Gasteiger partial charge in [-0.15, -0.1) is 0 Å². The summed E-state index contributed by atoms with van der Waals surface area (Å²) in [5.74, 6) is 0.0660. The molecule has 0 amide bonds. The van der Waals surface area contributed by atoms with Crippen LogP contribution in [-0.2, 0) is 4.79 Å². The van der Waals surface area contributed by atoms with Gasteiger partial charge in [0.1, 0.15) is 0 Å². The Morgan fingerprint density at radius 3 is 2.88 bits per heavy atom. The molecule has 1 aliphatic rings. The van der Waals surface area contributed by atoms with Gasteiger partial charge in [0.25, 0.3) is 0 Å². The molecule has 8 heavy (non-hydrogen) atoms. The van der Waals surface area contributed by atoms with Gasteiger partial charge in [0.2, 0.25) is 0 Å². The van der Waals surface area contributed by atoms with Crippen molar-refractivity contribution in [1.29, 1.82) is 0 Å². The molecule has 0 aromatic carbocycles. The molecule has 1 unspecified atom stereocenters. The third-order valence-corrected chi connectivity index (χ3v) is 1.29. The fraction of sp³-hybridized carbons (Fsp3) is 0.500. The van der Waals surface area contributed by atoms with Crippen molar-refractivity contribution in [3.05, 3.63) is 12.2 Å². The molecule has 0 aliphatic heterocycles. The van der Waals surface area contributed by atoms with Crippen molar-refractivity contribution >= 4 is 5.78 Å². The summed E-state index contributed by atoms with van der Waals surface area (Å²) in [5.41, 5.74) is 5.38. The highest BCUT2D eigenvalue weighted by Crippen LogP contribution is 2.03. The smallest absolute Gasteiger partial charge is 0.172 e. The Hall–Kier alpha value is -0.630. The van der Waals surface area contributed by atoms with Gasteiger partial charge < -0.3 is 5.73 Å². The first-order valence-corrected chi connectivity index (χ1v) is 2.76. The van der Waals surface area contributed by atoms with E-state index in [2.05, 4.69) is 0 Å². The number of ketones is 1. The van der Waals surface area contributed by atoms with Gasteiger partial charge in [-0.2, -0.15) is 0 Å². The summed E-state index contributed by atoms with van der Waals surface area (Å²) in [5, 5.41) is 0. The van der Waals surface area contributed by atoms with Gasteiger partial charge in [-0.3, -0.25) is 4.79 Å². The Labute approximate surface area is 48.4 Å². The summed E-state index contributed by atoms with van der Waals surface area (Å²) < 4.78 is 0. The molecule has 0 spiro atoms. The second-order valence-electron chi connectivity index (χ2n) is 1.99. The molecule has 1 rings (SSSR count). The number of nitrogens with two attached hydrogens (primary N) is 1. The lowest BCUT2D eigenvalue weighted by Crippen LogP contribution is -2.30. The highest BCUT2D eigenvalue weighted by atomic mass is 16.1. The Balaban J connectivity index is 2.60. The van der Waals surface area contributed by atoms with Crippen molar-refractivity contribution in [2.24, 2.45) is 5.73 Å². The molecule has 0 aromatic heterocycles. The van der Waals surface area contributed by atoms with Crippen LogP contribution in [0.25, 0.3) is 0 Å². The second-order valence-corrected chi connectivity index (χ2v) is 1.99. The van der Waals surface area contributed by atoms with Crippen molar-refractivity contribution in [2.75, 3.05) is 0 Å². The summed E-state index contributed by atoms with van der Waals surface area (Å²) in [6.07, 6.45) is 5.20. The first kappa shape index (κ1) is 5.51. The molecule has 0 saturated heterocycles. The maximum atomic E-state index is 10.6.